The van der Waals surface area contributed by atoms with Gasteiger partial charge >= 0.3 is 0 Å². The number of likely N-dealkylation sites (tertiary alicyclic amines) is 1. The van der Waals surface area contributed by atoms with Crippen LogP contribution < -0.4 is 14.2 Å². The first-order valence-electron chi connectivity index (χ1n) is 9.35. The predicted molar refractivity (Wildman–Crippen MR) is 102 cm³/mol. The number of hydrogen-bond acceptors (Lipinski definition) is 6. The second-order valence-corrected chi connectivity index (χ2v) is 7.12. The van der Waals surface area contributed by atoms with E-state index in [2.05, 4.69) is 19.0 Å². The monoisotopic (exact) mass is 376 g/mol. The van der Waals surface area contributed by atoms with Crippen LogP contribution in [0.1, 0.15) is 45.1 Å². The van der Waals surface area contributed by atoms with Gasteiger partial charge in [0.2, 0.25) is 11.9 Å². The normalized spacial score (nSPS) is 24.9. The van der Waals surface area contributed by atoms with Crippen LogP contribution in [-0.4, -0.2) is 56.0 Å². The first-order valence-corrected chi connectivity index (χ1v) is 9.35. The van der Waals surface area contributed by atoms with Crippen molar-refractivity contribution in [2.24, 2.45) is 5.16 Å². The van der Waals surface area contributed by atoms with Crippen molar-refractivity contribution in [3.8, 4) is 17.2 Å². The Morgan fingerprint density at radius 1 is 1.07 bits per heavy atom. The molecular weight excluding hydrogens is 348 g/mol. The molecule has 0 aromatic heterocycles. The quantitative estimate of drug-likeness (QED) is 0.790. The maximum atomic E-state index is 13.0. The summed E-state index contributed by atoms with van der Waals surface area (Å²) in [7, 11) is 4.70. The largest absolute Gasteiger partial charge is 0.493 e. The van der Waals surface area contributed by atoms with Crippen molar-refractivity contribution in [2.75, 3.05) is 21.3 Å². The molecule has 0 aliphatic carbocycles. The molecule has 0 unspecified atom stereocenters. The molecule has 7 heteroatoms. The Kier molecular flexibility index (Phi) is 5.77. The molecule has 1 aromatic rings. The summed E-state index contributed by atoms with van der Waals surface area (Å²) in [6, 6.07) is 4.11. The van der Waals surface area contributed by atoms with E-state index in [1.807, 2.05) is 17.0 Å². The van der Waals surface area contributed by atoms with Crippen molar-refractivity contribution in [2.45, 2.75) is 57.7 Å². The van der Waals surface area contributed by atoms with Crippen LogP contribution in [0.5, 0.6) is 17.2 Å². The molecule has 2 aliphatic rings. The number of nitrogens with zero attached hydrogens (tertiary/aromatic N) is 2. The van der Waals surface area contributed by atoms with Crippen molar-refractivity contribution in [1.82, 2.24) is 4.90 Å². The van der Waals surface area contributed by atoms with E-state index in [0.717, 1.165) is 24.8 Å². The fraction of sp³-hybridized carbons (Fsp3) is 0.600. The molecule has 1 amide bonds. The Morgan fingerprint density at radius 3 is 2.19 bits per heavy atom. The maximum Gasteiger partial charge on any atom is 0.267 e. The van der Waals surface area contributed by atoms with Crippen molar-refractivity contribution < 1.29 is 23.8 Å². The standard InChI is InChI=1S/C20H28N2O5/c1-12-7-6-8-13(2)22(12)20(23)18-11-15(21-27-18)14-9-16(24-3)19(26-5)17(10-14)25-4/h9-10,12-13,18H,6-8,11H2,1-5H3/t12-,13+,18-/m1/s1. The van der Waals surface area contributed by atoms with Gasteiger partial charge in [-0.15, -0.1) is 0 Å². The van der Waals surface area contributed by atoms with Crippen LogP contribution in [0.25, 0.3) is 0 Å². The van der Waals surface area contributed by atoms with E-state index < -0.39 is 6.10 Å². The molecule has 0 N–H and O–H groups in total. The van der Waals surface area contributed by atoms with E-state index in [1.165, 1.54) is 0 Å². The summed E-state index contributed by atoms with van der Waals surface area (Å²) < 4.78 is 16.2. The summed E-state index contributed by atoms with van der Waals surface area (Å²) in [6.45, 7) is 4.20. The third-order valence-electron chi connectivity index (χ3n) is 5.39. The number of hydrogen-bond donors (Lipinski definition) is 0. The molecule has 0 saturated carbocycles. The first-order chi connectivity index (χ1) is 13.0. The van der Waals surface area contributed by atoms with E-state index >= 15 is 0 Å². The molecule has 2 heterocycles. The smallest absolute Gasteiger partial charge is 0.267 e. The summed E-state index contributed by atoms with van der Waals surface area (Å²) in [5.41, 5.74) is 1.49. The first kappa shape index (κ1) is 19.3. The maximum absolute atomic E-state index is 13.0. The Morgan fingerprint density at radius 2 is 1.67 bits per heavy atom. The molecule has 0 radical (unpaired) electrons. The van der Waals surface area contributed by atoms with Gasteiger partial charge in [0.25, 0.3) is 5.91 Å². The van der Waals surface area contributed by atoms with Gasteiger partial charge in [0.05, 0.1) is 27.0 Å². The molecule has 7 nitrogen and oxygen atoms in total. The molecule has 27 heavy (non-hydrogen) atoms. The van der Waals surface area contributed by atoms with Crippen LogP contribution in [0.2, 0.25) is 0 Å². The summed E-state index contributed by atoms with van der Waals surface area (Å²) >= 11 is 0. The minimum atomic E-state index is -0.581. The lowest BCUT2D eigenvalue weighted by Gasteiger charge is -2.39. The number of rotatable bonds is 5. The average Bonchev–Trinajstić information content (AvgIpc) is 3.16. The van der Waals surface area contributed by atoms with Crippen LogP contribution in [-0.2, 0) is 9.63 Å². The van der Waals surface area contributed by atoms with Gasteiger partial charge < -0.3 is 23.9 Å². The zero-order chi connectivity index (χ0) is 19.6. The number of benzene rings is 1. The van der Waals surface area contributed by atoms with Crippen LogP contribution >= 0.6 is 0 Å². The van der Waals surface area contributed by atoms with Gasteiger partial charge in [-0.25, -0.2) is 0 Å². The Bertz CT molecular complexity index is 698. The lowest BCUT2D eigenvalue weighted by Crippen LogP contribution is -2.51. The molecule has 3 atom stereocenters. The van der Waals surface area contributed by atoms with E-state index in [9.17, 15) is 4.79 Å². The zero-order valence-corrected chi connectivity index (χ0v) is 16.7. The Labute approximate surface area is 160 Å². The second kappa shape index (κ2) is 8.06. The van der Waals surface area contributed by atoms with Crippen LogP contribution in [0, 0.1) is 0 Å². The van der Waals surface area contributed by atoms with Gasteiger partial charge in [0.15, 0.2) is 11.5 Å². The van der Waals surface area contributed by atoms with Gasteiger partial charge in [-0.3, -0.25) is 4.79 Å². The number of carbonyl (C=O) groups excluding carboxylic acids is 1. The second-order valence-electron chi connectivity index (χ2n) is 7.12. The van der Waals surface area contributed by atoms with Crippen molar-refractivity contribution in [3.05, 3.63) is 17.7 Å². The molecule has 1 fully saturated rings. The van der Waals surface area contributed by atoms with E-state index in [1.54, 1.807) is 21.3 Å². The third-order valence-corrected chi connectivity index (χ3v) is 5.39. The number of amides is 1. The lowest BCUT2D eigenvalue weighted by molar-refractivity contribution is -0.148. The van der Waals surface area contributed by atoms with Gasteiger partial charge in [-0.1, -0.05) is 5.16 Å². The van der Waals surface area contributed by atoms with Crippen molar-refractivity contribution in [1.29, 1.82) is 0 Å². The molecule has 0 bridgehead atoms. The summed E-state index contributed by atoms with van der Waals surface area (Å²) in [6.07, 6.45) is 3.06. The fourth-order valence-electron chi connectivity index (χ4n) is 3.95. The zero-order valence-electron chi connectivity index (χ0n) is 16.7. The Balaban J connectivity index is 1.78. The van der Waals surface area contributed by atoms with Gasteiger partial charge in [0.1, 0.15) is 0 Å². The average molecular weight is 376 g/mol. The summed E-state index contributed by atoms with van der Waals surface area (Å²) in [5.74, 6) is 1.62. The molecule has 1 aromatic carbocycles. The summed E-state index contributed by atoms with van der Waals surface area (Å²) in [4.78, 5) is 20.5. The molecule has 3 rings (SSSR count). The molecular formula is C20H28N2O5. The van der Waals surface area contributed by atoms with Gasteiger partial charge in [-0.05, 0) is 45.2 Å². The SMILES string of the molecule is COc1cc(C2=NO[C@@H](C(=O)N3[C@H](C)CCC[C@@H]3C)C2)cc(OC)c1OC. The fourth-order valence-corrected chi connectivity index (χ4v) is 3.95. The van der Waals surface area contributed by atoms with E-state index in [-0.39, 0.29) is 18.0 Å². The highest BCUT2D eigenvalue weighted by molar-refractivity contribution is 6.05. The highest BCUT2D eigenvalue weighted by Gasteiger charge is 2.38. The third kappa shape index (κ3) is 3.68. The van der Waals surface area contributed by atoms with Gasteiger partial charge in [0, 0.05) is 24.1 Å². The minimum Gasteiger partial charge on any atom is -0.493 e. The minimum absolute atomic E-state index is 0.0147. The van der Waals surface area contributed by atoms with Gasteiger partial charge in [-0.2, -0.15) is 0 Å². The van der Waals surface area contributed by atoms with Crippen LogP contribution in [0.4, 0.5) is 0 Å². The van der Waals surface area contributed by atoms with Crippen LogP contribution in [0.15, 0.2) is 17.3 Å². The van der Waals surface area contributed by atoms with E-state index in [4.69, 9.17) is 19.0 Å². The number of piperidine rings is 1. The number of carbonyl (C=O) groups is 1. The highest BCUT2D eigenvalue weighted by atomic mass is 16.6. The van der Waals surface area contributed by atoms with Crippen molar-refractivity contribution >= 4 is 11.6 Å². The molecule has 2 aliphatic heterocycles. The lowest BCUT2D eigenvalue weighted by atomic mass is 9.95. The number of ether oxygens (including phenoxy) is 3. The number of oxime groups is 1. The van der Waals surface area contributed by atoms with Crippen molar-refractivity contribution in [3.63, 3.8) is 0 Å². The Hall–Kier alpha value is -2.44. The highest BCUT2D eigenvalue weighted by Crippen LogP contribution is 2.39. The molecule has 1 saturated heterocycles. The predicted octanol–water partition coefficient (Wildman–Crippen LogP) is 2.99. The number of methoxy groups -OCH3 is 3. The summed E-state index contributed by atoms with van der Waals surface area (Å²) in [5, 5.41) is 4.18. The molecule has 0 spiro atoms. The molecule has 148 valence electrons. The van der Waals surface area contributed by atoms with E-state index in [0.29, 0.717) is 29.4 Å². The van der Waals surface area contributed by atoms with Crippen LogP contribution in [0.3, 0.4) is 0 Å². The topological polar surface area (TPSA) is 69.6 Å².